The Morgan fingerprint density at radius 1 is 1.06 bits per heavy atom. The number of hydrogen-bond acceptors (Lipinski definition) is 4. The van der Waals surface area contributed by atoms with Crippen LogP contribution < -0.4 is 0 Å². The van der Waals surface area contributed by atoms with Crippen LogP contribution in [0.4, 0.5) is 0 Å². The number of allylic oxidation sites excluding steroid dienone is 1. The largest absolute Gasteiger partial charge is 0.469 e. The van der Waals surface area contributed by atoms with Crippen molar-refractivity contribution in [2.24, 2.45) is 39.9 Å². The highest BCUT2D eigenvalue weighted by Gasteiger charge is 2.67. The molecule has 0 aromatic carbocycles. The Morgan fingerprint density at radius 3 is 2.26 bits per heavy atom. The summed E-state index contributed by atoms with van der Waals surface area (Å²) in [5, 5.41) is 21.7. The van der Waals surface area contributed by atoms with Gasteiger partial charge in [0.15, 0.2) is 0 Å². The lowest BCUT2D eigenvalue weighted by molar-refractivity contribution is -0.178. The molecule has 0 bridgehead atoms. The van der Waals surface area contributed by atoms with Crippen LogP contribution in [-0.2, 0) is 9.53 Å². The summed E-state index contributed by atoms with van der Waals surface area (Å²) < 4.78 is 5.03. The molecular formula is C31H52O4. The molecule has 0 saturated heterocycles. The zero-order chi connectivity index (χ0) is 26.4. The third-order valence-electron chi connectivity index (χ3n) is 11.2. The van der Waals surface area contributed by atoms with Gasteiger partial charge >= 0.3 is 5.97 Å². The maximum absolute atomic E-state index is 12.2. The van der Waals surface area contributed by atoms with E-state index in [9.17, 15) is 15.0 Å². The van der Waals surface area contributed by atoms with Crippen molar-refractivity contribution < 1.29 is 19.7 Å². The van der Waals surface area contributed by atoms with Crippen molar-refractivity contribution in [3.8, 4) is 0 Å². The molecule has 0 aliphatic heterocycles. The van der Waals surface area contributed by atoms with Crippen molar-refractivity contribution in [3.05, 3.63) is 24.3 Å². The Kier molecular flexibility index (Phi) is 7.83. The van der Waals surface area contributed by atoms with E-state index < -0.39 is 11.2 Å². The van der Waals surface area contributed by atoms with E-state index in [0.29, 0.717) is 30.6 Å². The summed E-state index contributed by atoms with van der Waals surface area (Å²) in [6.45, 7) is 19.6. The Hall–Kier alpha value is -1.13. The number of aliphatic hydroxyl groups is 2. The predicted octanol–water partition coefficient (Wildman–Crippen LogP) is 6.85. The monoisotopic (exact) mass is 488 g/mol. The number of fused-ring (bicyclic) bond motifs is 3. The minimum Gasteiger partial charge on any atom is -0.469 e. The minimum atomic E-state index is -0.859. The van der Waals surface area contributed by atoms with Gasteiger partial charge < -0.3 is 14.9 Å². The van der Waals surface area contributed by atoms with Crippen molar-refractivity contribution in [2.75, 3.05) is 7.11 Å². The van der Waals surface area contributed by atoms with Crippen LogP contribution in [0.3, 0.4) is 0 Å². The van der Waals surface area contributed by atoms with E-state index >= 15 is 0 Å². The fourth-order valence-electron chi connectivity index (χ4n) is 9.22. The average molecular weight is 489 g/mol. The van der Waals surface area contributed by atoms with Gasteiger partial charge in [-0.25, -0.2) is 0 Å². The molecule has 0 aromatic heterocycles. The predicted molar refractivity (Wildman–Crippen MR) is 143 cm³/mol. The van der Waals surface area contributed by atoms with Crippen LogP contribution in [0.5, 0.6) is 0 Å². The Bertz CT molecular complexity index is 835. The highest BCUT2D eigenvalue weighted by Crippen LogP contribution is 2.74. The molecule has 4 heteroatoms. The van der Waals surface area contributed by atoms with Crippen LogP contribution in [0.15, 0.2) is 24.3 Å². The van der Waals surface area contributed by atoms with E-state index in [1.165, 1.54) is 19.1 Å². The molecule has 2 N–H and O–H groups in total. The zero-order valence-electron chi connectivity index (χ0n) is 23.7. The van der Waals surface area contributed by atoms with Gasteiger partial charge in [-0.15, -0.1) is 0 Å². The van der Waals surface area contributed by atoms with E-state index in [4.69, 9.17) is 4.74 Å². The number of hydrogen-bond donors (Lipinski definition) is 2. The third kappa shape index (κ3) is 5.04. The molecule has 0 spiro atoms. The second-order valence-electron chi connectivity index (χ2n) is 13.9. The van der Waals surface area contributed by atoms with Crippen molar-refractivity contribution in [2.45, 2.75) is 117 Å². The molecule has 4 nitrogen and oxygen atoms in total. The first-order valence-corrected chi connectivity index (χ1v) is 13.9. The lowest BCUT2D eigenvalue weighted by Gasteiger charge is -2.66. The van der Waals surface area contributed by atoms with Gasteiger partial charge in [0.2, 0.25) is 0 Å². The molecule has 0 amide bonds. The fraction of sp³-hybridized carbons (Fsp3) is 0.839. The second kappa shape index (κ2) is 9.63. The van der Waals surface area contributed by atoms with E-state index in [2.05, 4.69) is 34.3 Å². The summed E-state index contributed by atoms with van der Waals surface area (Å²) in [6, 6.07) is 0. The maximum atomic E-state index is 12.2. The minimum absolute atomic E-state index is 0.0249. The summed E-state index contributed by atoms with van der Waals surface area (Å²) in [7, 11) is 1.49. The van der Waals surface area contributed by atoms with Crippen LogP contribution >= 0.6 is 0 Å². The number of esters is 1. The summed E-state index contributed by atoms with van der Waals surface area (Å²) >= 11 is 0. The molecule has 0 heterocycles. The fourth-order valence-corrected chi connectivity index (χ4v) is 9.22. The molecule has 8 unspecified atom stereocenters. The molecule has 0 aromatic rings. The third-order valence-corrected chi connectivity index (χ3v) is 11.2. The van der Waals surface area contributed by atoms with E-state index in [-0.39, 0.29) is 28.1 Å². The quantitative estimate of drug-likeness (QED) is 0.290. The molecule has 3 rings (SSSR count). The molecule has 3 fully saturated rings. The second-order valence-corrected chi connectivity index (χ2v) is 13.9. The first-order chi connectivity index (χ1) is 16.0. The highest BCUT2D eigenvalue weighted by molar-refractivity contribution is 5.69. The smallest absolute Gasteiger partial charge is 0.305 e. The Balaban J connectivity index is 1.91. The normalized spacial score (nSPS) is 41.2. The maximum Gasteiger partial charge on any atom is 0.305 e. The number of carbonyl (C=O) groups is 1. The van der Waals surface area contributed by atoms with E-state index in [1.807, 2.05) is 13.0 Å². The van der Waals surface area contributed by atoms with Crippen molar-refractivity contribution in [3.63, 3.8) is 0 Å². The highest BCUT2D eigenvalue weighted by atomic mass is 16.5. The first kappa shape index (κ1) is 28.4. The molecule has 35 heavy (non-hydrogen) atoms. The lowest BCUT2D eigenvalue weighted by atomic mass is 9.38. The molecule has 3 aliphatic carbocycles. The van der Waals surface area contributed by atoms with Crippen LogP contribution in [0.2, 0.25) is 0 Å². The van der Waals surface area contributed by atoms with Gasteiger partial charge in [0, 0.05) is 6.42 Å². The van der Waals surface area contributed by atoms with Crippen molar-refractivity contribution >= 4 is 5.97 Å². The molecule has 200 valence electrons. The number of ether oxygens (including phenoxy) is 1. The van der Waals surface area contributed by atoms with Gasteiger partial charge in [0.05, 0.1) is 18.3 Å². The van der Waals surface area contributed by atoms with Crippen LogP contribution in [0.25, 0.3) is 0 Å². The standard InChI is InChI=1S/C31H52O4/c1-21(2)22-13-20-30(7)25(28(22,5)18-15-26(32)35-9)12-11-23-24(14-19-29(23,30)6)31(8,34)17-10-16-27(3,4)33/h10,16,22-25,33-34H,1,11-15,17-20H2,2-9H3/b16-10+. The topological polar surface area (TPSA) is 66.8 Å². The summed E-state index contributed by atoms with van der Waals surface area (Å²) in [5.74, 6) is 1.58. The van der Waals surface area contributed by atoms with Crippen LogP contribution in [0.1, 0.15) is 106 Å². The number of rotatable bonds is 8. The Labute approximate surface area is 214 Å². The number of carbonyl (C=O) groups excluding carboxylic acids is 1. The molecule has 0 radical (unpaired) electrons. The van der Waals surface area contributed by atoms with E-state index in [1.54, 1.807) is 19.9 Å². The van der Waals surface area contributed by atoms with Crippen LogP contribution in [0, 0.1) is 39.9 Å². The van der Waals surface area contributed by atoms with Gasteiger partial charge in [-0.05, 0) is 119 Å². The Morgan fingerprint density at radius 2 is 1.69 bits per heavy atom. The van der Waals surface area contributed by atoms with Gasteiger partial charge in [-0.2, -0.15) is 0 Å². The summed E-state index contributed by atoms with van der Waals surface area (Å²) in [4.78, 5) is 12.2. The van der Waals surface area contributed by atoms with Crippen molar-refractivity contribution in [1.29, 1.82) is 0 Å². The zero-order valence-corrected chi connectivity index (χ0v) is 23.7. The van der Waals surface area contributed by atoms with Gasteiger partial charge in [0.1, 0.15) is 0 Å². The van der Waals surface area contributed by atoms with Gasteiger partial charge in [-0.1, -0.05) is 45.1 Å². The van der Waals surface area contributed by atoms with Gasteiger partial charge in [-0.3, -0.25) is 4.79 Å². The summed E-state index contributed by atoms with van der Waals surface area (Å²) in [5.41, 5.74) is -0.0365. The molecule has 3 aliphatic rings. The molecule has 3 saturated carbocycles. The van der Waals surface area contributed by atoms with E-state index in [0.717, 1.165) is 38.5 Å². The van der Waals surface area contributed by atoms with Crippen LogP contribution in [-0.4, -0.2) is 34.5 Å². The summed E-state index contributed by atoms with van der Waals surface area (Å²) in [6.07, 6.45) is 12.4. The SMILES string of the molecule is C=C(C)C1CCC2(C)C(CCC3C(C(C)(O)C/C=C/C(C)(C)O)CCC32C)C1(C)CCC(=O)OC. The van der Waals surface area contributed by atoms with Gasteiger partial charge in [0.25, 0.3) is 0 Å². The lowest BCUT2D eigenvalue weighted by Crippen LogP contribution is -2.60. The molecular weight excluding hydrogens is 436 g/mol. The number of methoxy groups -OCH3 is 1. The first-order valence-electron chi connectivity index (χ1n) is 13.9. The molecule has 8 atom stereocenters. The average Bonchev–Trinajstić information content (AvgIpc) is 3.10. The van der Waals surface area contributed by atoms with Crippen molar-refractivity contribution in [1.82, 2.24) is 0 Å².